The van der Waals surface area contributed by atoms with Crippen molar-refractivity contribution in [2.75, 3.05) is 13.2 Å². The smallest absolute Gasteiger partial charge is 0.306 e. The average Bonchev–Trinajstić information content (AvgIpc) is 3.18. The Hall–Kier alpha value is -1.59. The Balaban J connectivity index is 4.23. The van der Waals surface area contributed by atoms with Crippen molar-refractivity contribution in [3.63, 3.8) is 0 Å². The van der Waals surface area contributed by atoms with Crippen LogP contribution >= 0.6 is 0 Å². The molecule has 57 heavy (non-hydrogen) atoms. The number of rotatable bonds is 45. The second-order valence-corrected chi connectivity index (χ2v) is 18.4. The van der Waals surface area contributed by atoms with E-state index in [1.807, 2.05) is 0 Å². The van der Waals surface area contributed by atoms with Crippen LogP contribution in [0.5, 0.6) is 0 Å². The van der Waals surface area contributed by atoms with E-state index in [-0.39, 0.29) is 31.1 Å². The topological polar surface area (TPSA) is 78.9 Å². The minimum Gasteiger partial charge on any atom is -0.462 e. The molecule has 0 rings (SSSR count). The maximum atomic E-state index is 12.8. The van der Waals surface area contributed by atoms with Crippen LogP contribution in [0.2, 0.25) is 0 Å². The van der Waals surface area contributed by atoms with E-state index >= 15 is 0 Å². The fourth-order valence-electron chi connectivity index (χ4n) is 7.64. The van der Waals surface area contributed by atoms with Gasteiger partial charge in [-0.15, -0.1) is 0 Å². The first-order valence-electron chi connectivity index (χ1n) is 25.2. The molecule has 0 spiro atoms. The highest BCUT2D eigenvalue weighted by Gasteiger charge is 2.19. The lowest BCUT2D eigenvalue weighted by atomic mass is 10.0. The van der Waals surface area contributed by atoms with E-state index in [0.717, 1.165) is 69.6 Å². The van der Waals surface area contributed by atoms with Gasteiger partial charge in [0.1, 0.15) is 13.2 Å². The van der Waals surface area contributed by atoms with Crippen molar-refractivity contribution in [2.24, 2.45) is 11.8 Å². The third kappa shape index (κ3) is 45.3. The number of ether oxygens (including phenoxy) is 3. The number of hydrogen-bond donors (Lipinski definition) is 0. The minimum atomic E-state index is -0.761. The zero-order valence-corrected chi connectivity index (χ0v) is 39.0. The van der Waals surface area contributed by atoms with Gasteiger partial charge in [0.15, 0.2) is 6.10 Å². The molecule has 0 radical (unpaired) electrons. The van der Waals surface area contributed by atoms with Crippen LogP contribution in [0.1, 0.15) is 279 Å². The second-order valence-electron chi connectivity index (χ2n) is 18.4. The number of carbonyl (C=O) groups is 3. The van der Waals surface area contributed by atoms with Gasteiger partial charge >= 0.3 is 17.9 Å². The predicted molar refractivity (Wildman–Crippen MR) is 243 cm³/mol. The van der Waals surface area contributed by atoms with Gasteiger partial charge in [0.05, 0.1) is 0 Å². The lowest BCUT2D eigenvalue weighted by Gasteiger charge is -2.18. The van der Waals surface area contributed by atoms with Crippen molar-refractivity contribution in [3.05, 3.63) is 0 Å². The van der Waals surface area contributed by atoms with E-state index in [2.05, 4.69) is 34.6 Å². The molecular weight excluding hydrogens is 709 g/mol. The molecule has 0 unspecified atom stereocenters. The molecule has 0 aromatic rings. The first-order valence-corrected chi connectivity index (χ1v) is 25.2. The Morgan fingerprint density at radius 1 is 0.333 bits per heavy atom. The molecule has 1 atom stereocenters. The van der Waals surface area contributed by atoms with Gasteiger partial charge in [-0.1, -0.05) is 240 Å². The van der Waals surface area contributed by atoms with Crippen LogP contribution in [0, 0.1) is 11.8 Å². The van der Waals surface area contributed by atoms with Crippen molar-refractivity contribution in [1.29, 1.82) is 0 Å². The monoisotopic (exact) mass is 807 g/mol. The first kappa shape index (κ1) is 55.4. The minimum absolute atomic E-state index is 0.0647. The molecule has 0 saturated heterocycles. The molecule has 0 N–H and O–H groups in total. The van der Waals surface area contributed by atoms with Crippen LogP contribution < -0.4 is 0 Å². The molecule has 0 amide bonds. The molecule has 0 aliphatic heterocycles. The van der Waals surface area contributed by atoms with Crippen molar-refractivity contribution in [3.8, 4) is 0 Å². The Bertz CT molecular complexity index is 870. The van der Waals surface area contributed by atoms with Crippen LogP contribution in [0.25, 0.3) is 0 Å². The highest BCUT2D eigenvalue weighted by molar-refractivity contribution is 5.71. The molecule has 0 saturated carbocycles. The van der Waals surface area contributed by atoms with E-state index < -0.39 is 6.10 Å². The van der Waals surface area contributed by atoms with Gasteiger partial charge in [-0.05, 0) is 31.1 Å². The second kappa shape index (κ2) is 44.0. The normalized spacial score (nSPS) is 12.1. The van der Waals surface area contributed by atoms with E-state index in [1.165, 1.54) is 167 Å². The zero-order chi connectivity index (χ0) is 41.9. The molecule has 6 nitrogen and oxygen atoms in total. The maximum Gasteiger partial charge on any atom is 0.306 e. The summed E-state index contributed by atoms with van der Waals surface area (Å²) >= 11 is 0. The Kier molecular flexibility index (Phi) is 42.7. The number of esters is 3. The highest BCUT2D eigenvalue weighted by atomic mass is 16.6. The Morgan fingerprint density at radius 3 is 0.860 bits per heavy atom. The molecule has 0 aromatic heterocycles. The fourth-order valence-corrected chi connectivity index (χ4v) is 7.64. The quantitative estimate of drug-likeness (QED) is 0.0346. The molecule has 6 heteroatoms. The summed E-state index contributed by atoms with van der Waals surface area (Å²) in [5, 5.41) is 0. The maximum absolute atomic E-state index is 12.8. The SMILES string of the molecule is CCCCCCCCCCCCCC(=O)OC[C@@H](COC(=O)CCCCCCCCC(C)C)OC(=O)CCCCCCCCCCCCCCCCCCC(C)C. The largest absolute Gasteiger partial charge is 0.462 e. The number of hydrogen-bond acceptors (Lipinski definition) is 6. The van der Waals surface area contributed by atoms with Gasteiger partial charge in [-0.2, -0.15) is 0 Å². The summed E-state index contributed by atoms with van der Waals surface area (Å²) in [6.07, 6.45) is 43.9. The van der Waals surface area contributed by atoms with Gasteiger partial charge in [0.25, 0.3) is 0 Å². The lowest BCUT2D eigenvalue weighted by molar-refractivity contribution is -0.167. The Morgan fingerprint density at radius 2 is 0.579 bits per heavy atom. The van der Waals surface area contributed by atoms with Crippen molar-refractivity contribution in [2.45, 2.75) is 285 Å². The van der Waals surface area contributed by atoms with Crippen LogP contribution in [-0.4, -0.2) is 37.2 Å². The third-order valence-corrected chi connectivity index (χ3v) is 11.5. The molecule has 0 aromatic carbocycles. The molecular formula is C51H98O6. The molecule has 0 bridgehead atoms. The van der Waals surface area contributed by atoms with Gasteiger partial charge in [0.2, 0.25) is 0 Å². The summed E-state index contributed by atoms with van der Waals surface area (Å²) in [7, 11) is 0. The Labute approximate surface area is 355 Å². The van der Waals surface area contributed by atoms with Crippen LogP contribution in [0.3, 0.4) is 0 Å². The third-order valence-electron chi connectivity index (χ3n) is 11.5. The summed E-state index contributed by atoms with van der Waals surface area (Å²) in [6, 6.07) is 0. The summed E-state index contributed by atoms with van der Waals surface area (Å²) in [5.41, 5.74) is 0. The number of unbranched alkanes of at least 4 members (excludes halogenated alkanes) is 30. The number of carbonyl (C=O) groups excluding carboxylic acids is 3. The van der Waals surface area contributed by atoms with Crippen LogP contribution in [0.4, 0.5) is 0 Å². The van der Waals surface area contributed by atoms with Crippen molar-refractivity contribution in [1.82, 2.24) is 0 Å². The standard InChI is InChI=1S/C51H98O6/c1-6-7-8-9-10-11-18-22-25-31-36-41-49(52)55-44-48(45-56-50(53)42-37-32-28-27-30-35-40-47(4)5)57-51(54)43-38-33-26-23-20-17-15-13-12-14-16-19-21-24-29-34-39-46(2)3/h46-48H,6-45H2,1-5H3/t48-/m0/s1. The van der Waals surface area contributed by atoms with Gasteiger partial charge in [-0.3, -0.25) is 14.4 Å². The van der Waals surface area contributed by atoms with E-state index in [1.54, 1.807) is 0 Å². The summed E-state index contributed by atoms with van der Waals surface area (Å²) in [6.45, 7) is 11.3. The molecule has 0 fully saturated rings. The molecule has 0 aliphatic carbocycles. The van der Waals surface area contributed by atoms with E-state index in [4.69, 9.17) is 14.2 Å². The fraction of sp³-hybridized carbons (Fsp3) is 0.941. The summed E-state index contributed by atoms with van der Waals surface area (Å²) in [5.74, 6) is 0.760. The van der Waals surface area contributed by atoms with Crippen molar-refractivity contribution < 1.29 is 28.6 Å². The van der Waals surface area contributed by atoms with Crippen LogP contribution in [-0.2, 0) is 28.6 Å². The van der Waals surface area contributed by atoms with Crippen LogP contribution in [0.15, 0.2) is 0 Å². The molecule has 338 valence electrons. The van der Waals surface area contributed by atoms with Gasteiger partial charge < -0.3 is 14.2 Å². The van der Waals surface area contributed by atoms with E-state index in [0.29, 0.717) is 19.3 Å². The van der Waals surface area contributed by atoms with Crippen molar-refractivity contribution >= 4 is 17.9 Å². The summed E-state index contributed by atoms with van der Waals surface area (Å²) in [4.78, 5) is 37.8. The van der Waals surface area contributed by atoms with Gasteiger partial charge in [-0.25, -0.2) is 0 Å². The lowest BCUT2D eigenvalue weighted by Crippen LogP contribution is -2.30. The predicted octanol–water partition coefficient (Wildman–Crippen LogP) is 16.1. The summed E-state index contributed by atoms with van der Waals surface area (Å²) < 4.78 is 16.7. The first-order chi connectivity index (χ1) is 27.7. The highest BCUT2D eigenvalue weighted by Crippen LogP contribution is 2.17. The van der Waals surface area contributed by atoms with E-state index in [9.17, 15) is 14.4 Å². The molecule has 0 heterocycles. The molecule has 0 aliphatic rings. The van der Waals surface area contributed by atoms with Gasteiger partial charge in [0, 0.05) is 19.3 Å². The zero-order valence-electron chi connectivity index (χ0n) is 39.0. The average molecular weight is 807 g/mol.